The highest BCUT2D eigenvalue weighted by Gasteiger charge is 2.38. The van der Waals surface area contributed by atoms with E-state index < -0.39 is 6.10 Å². The zero-order chi connectivity index (χ0) is 14.0. The molecule has 1 N–H and O–H groups in total. The van der Waals surface area contributed by atoms with Crippen LogP contribution in [0.25, 0.3) is 0 Å². The van der Waals surface area contributed by atoms with Crippen LogP contribution in [0.3, 0.4) is 0 Å². The predicted octanol–water partition coefficient (Wildman–Crippen LogP) is 1.59. The minimum Gasteiger partial charge on any atom is -0.468 e. The van der Waals surface area contributed by atoms with Crippen molar-refractivity contribution in [3.8, 4) is 0 Å². The van der Waals surface area contributed by atoms with E-state index >= 15 is 0 Å². The largest absolute Gasteiger partial charge is 0.468 e. The van der Waals surface area contributed by atoms with Gasteiger partial charge in [0.2, 0.25) is 0 Å². The number of carbonyl (C=O) groups excluding carboxylic acids is 1. The fourth-order valence-electron chi connectivity index (χ4n) is 3.41. The summed E-state index contributed by atoms with van der Waals surface area (Å²) < 4.78 is 4.85. The number of hydrogen-bond donors (Lipinski definition) is 1. The molecule has 0 aromatic heterocycles. The third-order valence-corrected chi connectivity index (χ3v) is 4.65. The van der Waals surface area contributed by atoms with Gasteiger partial charge < -0.3 is 9.84 Å². The topological polar surface area (TPSA) is 49.8 Å². The lowest BCUT2D eigenvalue weighted by molar-refractivity contribution is -0.146. The highest BCUT2D eigenvalue weighted by molar-refractivity contribution is 5.76. The molecule has 0 amide bonds. The van der Waals surface area contributed by atoms with Crippen LogP contribution >= 0.6 is 0 Å². The van der Waals surface area contributed by atoms with Gasteiger partial charge in [-0.05, 0) is 31.6 Å². The van der Waals surface area contributed by atoms with Gasteiger partial charge in [-0.15, -0.1) is 0 Å². The molecule has 0 radical (unpaired) electrons. The molecule has 1 saturated heterocycles. The van der Waals surface area contributed by atoms with E-state index in [0.717, 1.165) is 13.0 Å². The second kappa shape index (κ2) is 6.06. The monoisotopic (exact) mass is 267 g/mol. The molecule has 1 aliphatic heterocycles. The number of aliphatic hydroxyl groups excluding tert-OH is 1. The second-order valence-corrected chi connectivity index (χ2v) is 5.99. The molecule has 0 aromatic rings. The lowest BCUT2D eigenvalue weighted by Gasteiger charge is -2.34. The molecule has 1 heterocycles. The molecular formula is C15H25NO3. The predicted molar refractivity (Wildman–Crippen MR) is 73.6 cm³/mol. The van der Waals surface area contributed by atoms with Crippen LogP contribution in [0, 0.1) is 11.8 Å². The quantitative estimate of drug-likeness (QED) is 0.623. The molecule has 1 fully saturated rings. The minimum absolute atomic E-state index is 0.221. The number of allylic oxidation sites excluding steroid dienone is 1. The van der Waals surface area contributed by atoms with E-state index in [1.165, 1.54) is 19.1 Å². The lowest BCUT2D eigenvalue weighted by Crippen LogP contribution is -2.41. The summed E-state index contributed by atoms with van der Waals surface area (Å²) in [5, 5.41) is 9.81. The molecule has 1 aliphatic carbocycles. The molecule has 4 heteroatoms. The first kappa shape index (κ1) is 14.5. The molecule has 2 aliphatic rings. The van der Waals surface area contributed by atoms with E-state index in [2.05, 4.69) is 24.8 Å². The molecule has 19 heavy (non-hydrogen) atoms. The lowest BCUT2D eigenvalue weighted by atomic mass is 9.79. The van der Waals surface area contributed by atoms with Crippen molar-refractivity contribution >= 4 is 5.97 Å². The highest BCUT2D eigenvalue weighted by atomic mass is 16.5. The molecule has 2 rings (SSSR count). The minimum atomic E-state index is -0.410. The Morgan fingerprint density at radius 3 is 2.95 bits per heavy atom. The van der Waals surface area contributed by atoms with E-state index in [9.17, 15) is 9.90 Å². The van der Waals surface area contributed by atoms with Gasteiger partial charge in [-0.25, -0.2) is 0 Å². The summed E-state index contributed by atoms with van der Waals surface area (Å²) in [6.07, 6.45) is 4.77. The van der Waals surface area contributed by atoms with Gasteiger partial charge in [0.25, 0.3) is 0 Å². The normalized spacial score (nSPS) is 36.1. The van der Waals surface area contributed by atoms with Crippen LogP contribution < -0.4 is 0 Å². The number of hydrogen-bond acceptors (Lipinski definition) is 4. The maximum absolute atomic E-state index is 11.8. The molecule has 0 aromatic carbocycles. The average molecular weight is 267 g/mol. The van der Waals surface area contributed by atoms with Crippen LogP contribution in [0.4, 0.5) is 0 Å². The van der Waals surface area contributed by atoms with Crippen molar-refractivity contribution in [2.45, 2.75) is 45.3 Å². The highest BCUT2D eigenvalue weighted by Crippen LogP contribution is 2.32. The number of likely N-dealkylation sites (tertiary alicyclic amines) is 1. The van der Waals surface area contributed by atoms with E-state index in [-0.39, 0.29) is 12.0 Å². The zero-order valence-corrected chi connectivity index (χ0v) is 12.1. The van der Waals surface area contributed by atoms with Crippen LogP contribution in [0.1, 0.15) is 33.1 Å². The summed E-state index contributed by atoms with van der Waals surface area (Å²) >= 11 is 0. The van der Waals surface area contributed by atoms with Crippen molar-refractivity contribution in [3.63, 3.8) is 0 Å². The molecule has 0 spiro atoms. The van der Waals surface area contributed by atoms with Crippen LogP contribution in [-0.4, -0.2) is 48.3 Å². The molecule has 0 saturated carbocycles. The standard InChI is InChI=1S/C15H25NO3/c1-10-5-4-6-11(2)13(10)9-16-8-12(17)7-14(16)15(18)19-3/h5,11-14,17H,4,6-9H2,1-3H3/t11-,12-,13+,14-/m0/s1. The Morgan fingerprint density at radius 2 is 2.32 bits per heavy atom. The van der Waals surface area contributed by atoms with Crippen molar-refractivity contribution in [1.82, 2.24) is 4.90 Å². The van der Waals surface area contributed by atoms with E-state index in [0.29, 0.717) is 24.8 Å². The molecule has 4 nitrogen and oxygen atoms in total. The van der Waals surface area contributed by atoms with Crippen molar-refractivity contribution in [2.75, 3.05) is 20.2 Å². The van der Waals surface area contributed by atoms with Gasteiger partial charge in [-0.2, -0.15) is 0 Å². The fourth-order valence-corrected chi connectivity index (χ4v) is 3.41. The number of methoxy groups -OCH3 is 1. The maximum Gasteiger partial charge on any atom is 0.323 e. The Bertz CT molecular complexity index is 366. The van der Waals surface area contributed by atoms with Gasteiger partial charge in [0, 0.05) is 19.5 Å². The Labute approximate surface area is 115 Å². The first-order valence-corrected chi connectivity index (χ1v) is 7.19. The molecule has 4 atom stereocenters. The van der Waals surface area contributed by atoms with Gasteiger partial charge in [-0.3, -0.25) is 9.69 Å². The van der Waals surface area contributed by atoms with Crippen LogP contribution in [0.5, 0.6) is 0 Å². The van der Waals surface area contributed by atoms with Gasteiger partial charge in [0.15, 0.2) is 0 Å². The van der Waals surface area contributed by atoms with Crippen molar-refractivity contribution in [2.24, 2.45) is 11.8 Å². The van der Waals surface area contributed by atoms with Gasteiger partial charge >= 0.3 is 5.97 Å². The Hall–Kier alpha value is -0.870. The summed E-state index contributed by atoms with van der Waals surface area (Å²) in [6, 6.07) is -0.276. The Morgan fingerprint density at radius 1 is 1.58 bits per heavy atom. The van der Waals surface area contributed by atoms with Crippen LogP contribution in [0.2, 0.25) is 0 Å². The number of aliphatic hydroxyl groups is 1. The van der Waals surface area contributed by atoms with Gasteiger partial charge in [0.1, 0.15) is 6.04 Å². The summed E-state index contributed by atoms with van der Waals surface area (Å²) in [5.41, 5.74) is 1.42. The first-order chi connectivity index (χ1) is 9.02. The Kier molecular flexibility index (Phi) is 4.63. The maximum atomic E-state index is 11.8. The fraction of sp³-hybridized carbons (Fsp3) is 0.800. The summed E-state index contributed by atoms with van der Waals surface area (Å²) in [4.78, 5) is 13.9. The first-order valence-electron chi connectivity index (χ1n) is 7.19. The average Bonchev–Trinajstić information content (AvgIpc) is 2.74. The van der Waals surface area contributed by atoms with E-state index in [1.54, 1.807) is 0 Å². The number of ether oxygens (including phenoxy) is 1. The van der Waals surface area contributed by atoms with Gasteiger partial charge in [0.05, 0.1) is 13.2 Å². The third-order valence-electron chi connectivity index (χ3n) is 4.65. The Balaban J connectivity index is 2.06. The summed E-state index contributed by atoms with van der Waals surface area (Å²) in [7, 11) is 1.42. The number of rotatable bonds is 3. The van der Waals surface area contributed by atoms with Crippen molar-refractivity contribution < 1.29 is 14.6 Å². The third kappa shape index (κ3) is 3.18. The number of β-amino-alcohol motifs (C(OH)–C–C–N with tert-alkyl or cyclic N) is 1. The van der Waals surface area contributed by atoms with Crippen molar-refractivity contribution in [3.05, 3.63) is 11.6 Å². The molecular weight excluding hydrogens is 242 g/mol. The zero-order valence-electron chi connectivity index (χ0n) is 12.1. The van der Waals surface area contributed by atoms with Crippen LogP contribution in [-0.2, 0) is 9.53 Å². The van der Waals surface area contributed by atoms with Crippen LogP contribution in [0.15, 0.2) is 11.6 Å². The second-order valence-electron chi connectivity index (χ2n) is 5.99. The molecule has 0 unspecified atom stereocenters. The van der Waals surface area contributed by atoms with Gasteiger partial charge in [-0.1, -0.05) is 18.6 Å². The summed E-state index contributed by atoms with van der Waals surface area (Å²) in [6.45, 7) is 5.89. The van der Waals surface area contributed by atoms with E-state index in [1.807, 2.05) is 0 Å². The van der Waals surface area contributed by atoms with Crippen molar-refractivity contribution in [1.29, 1.82) is 0 Å². The van der Waals surface area contributed by atoms with E-state index in [4.69, 9.17) is 4.74 Å². The smallest absolute Gasteiger partial charge is 0.323 e. The SMILES string of the molecule is COC(=O)[C@@H]1C[C@H](O)CN1C[C@@H]1C(C)=CCC[C@@H]1C. The number of esters is 1. The summed E-state index contributed by atoms with van der Waals surface area (Å²) in [5.74, 6) is 0.911. The number of nitrogens with zero attached hydrogens (tertiary/aromatic N) is 1. The molecule has 0 bridgehead atoms. The molecule has 108 valence electrons. The number of carbonyl (C=O) groups is 1.